The van der Waals surface area contributed by atoms with Gasteiger partial charge in [0.2, 0.25) is 0 Å². The molecule has 2 aromatic rings. The number of alkyl carbamates (subject to hydrolysis) is 1. The van der Waals surface area contributed by atoms with Crippen LogP contribution in [0.4, 0.5) is 4.79 Å². The summed E-state index contributed by atoms with van der Waals surface area (Å²) >= 11 is 0. The Morgan fingerprint density at radius 1 is 1.13 bits per heavy atom. The third-order valence-corrected chi connectivity index (χ3v) is 6.84. The molecule has 5 rings (SSSR count). The summed E-state index contributed by atoms with van der Waals surface area (Å²) in [4.78, 5) is 15.0. The maximum absolute atomic E-state index is 12.7. The molecule has 0 radical (unpaired) electrons. The number of hydrogen-bond donors (Lipinski definition) is 1. The number of nitrogens with zero attached hydrogens (tertiary/aromatic N) is 2. The van der Waals surface area contributed by atoms with Gasteiger partial charge in [0.25, 0.3) is 0 Å². The first kappa shape index (κ1) is 19.1. The molecule has 2 aromatic carbocycles. The zero-order valence-electron chi connectivity index (χ0n) is 17.0. The Labute approximate surface area is 176 Å². The highest BCUT2D eigenvalue weighted by atomic mass is 16.5. The predicted molar refractivity (Wildman–Crippen MR) is 112 cm³/mol. The highest BCUT2D eigenvalue weighted by Gasteiger charge is 2.47. The molecule has 3 aliphatic rings. The molecule has 6 nitrogen and oxygen atoms in total. The van der Waals surface area contributed by atoms with Gasteiger partial charge in [-0.25, -0.2) is 4.79 Å². The van der Waals surface area contributed by atoms with Gasteiger partial charge in [0, 0.05) is 30.8 Å². The largest absolute Gasteiger partial charge is 0.449 e. The van der Waals surface area contributed by atoms with Crippen LogP contribution < -0.4 is 5.32 Å². The summed E-state index contributed by atoms with van der Waals surface area (Å²) in [6.07, 6.45) is 0.559. The van der Waals surface area contributed by atoms with E-state index < -0.39 is 11.6 Å². The van der Waals surface area contributed by atoms with Crippen molar-refractivity contribution < 1.29 is 14.3 Å². The topological polar surface area (TPSA) is 74.6 Å². The summed E-state index contributed by atoms with van der Waals surface area (Å²) in [5.41, 5.74) is 3.83. The molecule has 0 spiro atoms. The van der Waals surface area contributed by atoms with Gasteiger partial charge in [0.1, 0.15) is 12.1 Å². The van der Waals surface area contributed by atoms with Crippen molar-refractivity contribution in [3.05, 3.63) is 59.7 Å². The van der Waals surface area contributed by atoms with Gasteiger partial charge in [0.15, 0.2) is 0 Å². The number of nitrogens with one attached hydrogen (secondary N) is 1. The third kappa shape index (κ3) is 3.15. The van der Waals surface area contributed by atoms with Gasteiger partial charge in [0.05, 0.1) is 19.3 Å². The second-order valence-electron chi connectivity index (χ2n) is 8.56. The first-order valence-electron chi connectivity index (χ1n) is 10.4. The van der Waals surface area contributed by atoms with Crippen LogP contribution in [0.25, 0.3) is 11.1 Å². The quantitative estimate of drug-likeness (QED) is 0.851. The molecule has 1 N–H and O–H groups in total. The smallest absolute Gasteiger partial charge is 0.408 e. The lowest BCUT2D eigenvalue weighted by Gasteiger charge is -2.49. The fourth-order valence-corrected chi connectivity index (χ4v) is 5.22. The molecule has 2 unspecified atom stereocenters. The summed E-state index contributed by atoms with van der Waals surface area (Å²) in [6.45, 7) is 1.42. The van der Waals surface area contributed by atoms with Crippen LogP contribution >= 0.6 is 0 Å². The van der Waals surface area contributed by atoms with Gasteiger partial charge in [-0.3, -0.25) is 4.90 Å². The third-order valence-electron chi connectivity index (χ3n) is 6.84. The van der Waals surface area contributed by atoms with Gasteiger partial charge < -0.3 is 14.8 Å². The van der Waals surface area contributed by atoms with Crippen LogP contribution in [0.15, 0.2) is 48.5 Å². The van der Waals surface area contributed by atoms with E-state index in [0.717, 1.165) is 0 Å². The summed E-state index contributed by atoms with van der Waals surface area (Å²) < 4.78 is 11.3. The van der Waals surface area contributed by atoms with E-state index in [4.69, 9.17) is 9.47 Å². The Balaban J connectivity index is 1.29. The average Bonchev–Trinajstić information content (AvgIpc) is 3.07. The number of amides is 1. The number of carbonyl (C=O) groups excluding carboxylic acids is 1. The number of morpholine rings is 1. The van der Waals surface area contributed by atoms with Crippen molar-refractivity contribution in [2.75, 3.05) is 26.9 Å². The van der Waals surface area contributed by atoms with Crippen molar-refractivity contribution in [1.29, 1.82) is 5.26 Å². The second-order valence-corrected chi connectivity index (χ2v) is 8.56. The molecular formula is C24H25N3O3. The van der Waals surface area contributed by atoms with Gasteiger partial charge in [-0.2, -0.15) is 5.26 Å². The molecule has 2 aliphatic heterocycles. The summed E-state index contributed by atoms with van der Waals surface area (Å²) in [7, 11) is 2.06. The molecule has 2 saturated heterocycles. The van der Waals surface area contributed by atoms with Crippen molar-refractivity contribution in [3.8, 4) is 17.2 Å². The number of ether oxygens (including phenoxy) is 2. The number of benzene rings is 2. The molecule has 1 aliphatic carbocycles. The molecule has 2 atom stereocenters. The van der Waals surface area contributed by atoms with Crippen molar-refractivity contribution in [3.63, 3.8) is 0 Å². The van der Waals surface area contributed by atoms with Crippen LogP contribution in [-0.2, 0) is 9.47 Å². The van der Waals surface area contributed by atoms with Crippen LogP contribution in [0.5, 0.6) is 0 Å². The van der Waals surface area contributed by atoms with Gasteiger partial charge in [-0.1, -0.05) is 48.5 Å². The molecule has 30 heavy (non-hydrogen) atoms. The van der Waals surface area contributed by atoms with E-state index in [0.29, 0.717) is 26.1 Å². The molecule has 0 saturated carbocycles. The maximum atomic E-state index is 12.7. The van der Waals surface area contributed by atoms with Crippen LogP contribution in [-0.4, -0.2) is 55.5 Å². The van der Waals surface area contributed by atoms with E-state index in [-0.39, 0.29) is 24.6 Å². The van der Waals surface area contributed by atoms with Crippen LogP contribution in [0.2, 0.25) is 0 Å². The van der Waals surface area contributed by atoms with Crippen molar-refractivity contribution in [2.24, 2.45) is 0 Å². The minimum Gasteiger partial charge on any atom is -0.449 e. The number of nitriles is 1. The number of likely N-dealkylation sites (N-methyl/N-ethyl adjacent to an activating group) is 1. The lowest BCUT2D eigenvalue weighted by molar-refractivity contribution is -0.0768. The molecule has 2 heterocycles. The van der Waals surface area contributed by atoms with Crippen molar-refractivity contribution in [1.82, 2.24) is 10.2 Å². The van der Waals surface area contributed by atoms with Gasteiger partial charge in [-0.15, -0.1) is 0 Å². The highest BCUT2D eigenvalue weighted by Crippen LogP contribution is 2.44. The summed E-state index contributed by atoms with van der Waals surface area (Å²) in [6, 6.07) is 19.1. The van der Waals surface area contributed by atoms with Crippen LogP contribution in [0.1, 0.15) is 29.9 Å². The summed E-state index contributed by atoms with van der Waals surface area (Å²) in [5.74, 6) is 0.00598. The Bertz CT molecular complexity index is 955. The number of piperidine rings is 1. The minimum absolute atomic E-state index is 0.00598. The molecule has 0 aromatic heterocycles. The Kier molecular flexibility index (Phi) is 4.73. The Morgan fingerprint density at radius 3 is 2.27 bits per heavy atom. The number of fused-ring (bicyclic) bond motifs is 5. The molecule has 1 amide bonds. The lowest BCUT2D eigenvalue weighted by Crippen LogP contribution is -2.64. The normalized spacial score (nSPS) is 27.6. The Hall–Kier alpha value is -2.88. The molecule has 154 valence electrons. The van der Waals surface area contributed by atoms with Gasteiger partial charge in [-0.05, 0) is 29.3 Å². The minimum atomic E-state index is -0.909. The van der Waals surface area contributed by atoms with Gasteiger partial charge >= 0.3 is 6.09 Å². The number of carbonyl (C=O) groups is 1. The standard InChI is InChI=1S/C24H25N3O3/c1-27-16-10-24(15-25,11-17(27)13-29-12-16)26-23(28)30-14-22-20-8-4-2-6-18(20)19-7-3-5-9-21(19)22/h2-9,16-17,22H,10-14H2,1H3,(H,26,28). The monoisotopic (exact) mass is 403 g/mol. The molecular weight excluding hydrogens is 378 g/mol. The van der Waals surface area contributed by atoms with Crippen LogP contribution in [0, 0.1) is 11.3 Å². The zero-order valence-corrected chi connectivity index (χ0v) is 17.0. The van der Waals surface area contributed by atoms with E-state index in [1.807, 2.05) is 24.3 Å². The lowest BCUT2D eigenvalue weighted by atomic mass is 9.80. The number of hydrogen-bond acceptors (Lipinski definition) is 5. The van der Waals surface area contributed by atoms with Crippen LogP contribution in [0.3, 0.4) is 0 Å². The molecule has 6 heteroatoms. The fourth-order valence-electron chi connectivity index (χ4n) is 5.22. The van der Waals surface area contributed by atoms with Crippen molar-refractivity contribution in [2.45, 2.75) is 36.4 Å². The van der Waals surface area contributed by atoms with E-state index in [1.165, 1.54) is 22.3 Å². The zero-order chi connectivity index (χ0) is 20.7. The van der Waals surface area contributed by atoms with E-state index in [9.17, 15) is 10.1 Å². The Morgan fingerprint density at radius 2 is 1.70 bits per heavy atom. The second kappa shape index (κ2) is 7.42. The molecule has 2 bridgehead atoms. The average molecular weight is 403 g/mol. The maximum Gasteiger partial charge on any atom is 0.408 e. The first-order chi connectivity index (χ1) is 14.6. The first-order valence-corrected chi connectivity index (χ1v) is 10.4. The van der Waals surface area contributed by atoms with Crippen molar-refractivity contribution >= 4 is 6.09 Å². The SMILES string of the molecule is CN1C2COCC1CC(C#N)(NC(=O)OCC1c3ccccc3-c3ccccc31)C2. The molecule has 2 fully saturated rings. The summed E-state index contributed by atoms with van der Waals surface area (Å²) in [5, 5.41) is 12.8. The fraction of sp³-hybridized carbons (Fsp3) is 0.417. The number of rotatable bonds is 3. The van der Waals surface area contributed by atoms with E-state index >= 15 is 0 Å². The van der Waals surface area contributed by atoms with E-state index in [2.05, 4.69) is 47.6 Å². The predicted octanol–water partition coefficient (Wildman–Crippen LogP) is 3.28. The van der Waals surface area contributed by atoms with E-state index in [1.54, 1.807) is 0 Å². The highest BCUT2D eigenvalue weighted by molar-refractivity contribution is 5.79.